The normalized spacial score (nSPS) is 11.3. The van der Waals surface area contributed by atoms with E-state index in [1.165, 1.54) is 0 Å². The molecule has 4 heteroatoms. The van der Waals surface area contributed by atoms with Crippen LogP contribution in [0.15, 0.2) is 54.7 Å². The van der Waals surface area contributed by atoms with E-state index in [4.69, 9.17) is 10.7 Å². The number of rotatable bonds is 2. The number of nitrogens with two attached hydrogens (primary N) is 1. The summed E-state index contributed by atoms with van der Waals surface area (Å²) < 4.78 is 0. The highest BCUT2D eigenvalue weighted by Crippen LogP contribution is 2.25. The van der Waals surface area contributed by atoms with Crippen molar-refractivity contribution in [3.8, 4) is 11.4 Å². The molecule has 2 aromatic carbocycles. The topological polar surface area (TPSA) is 67.6 Å². The largest absolute Gasteiger partial charge is 0.338 e. The summed E-state index contributed by atoms with van der Waals surface area (Å²) >= 11 is 0. The quantitative estimate of drug-likeness (QED) is 0.589. The first-order valence-electron chi connectivity index (χ1n) is 6.88. The second-order valence-electron chi connectivity index (χ2n) is 5.01. The van der Waals surface area contributed by atoms with Crippen LogP contribution in [0.3, 0.4) is 0 Å². The minimum Gasteiger partial charge on any atom is -0.338 e. The van der Waals surface area contributed by atoms with Crippen molar-refractivity contribution in [2.45, 2.75) is 6.54 Å². The Labute approximate surface area is 121 Å². The van der Waals surface area contributed by atoms with E-state index >= 15 is 0 Å². The molecule has 0 amide bonds. The van der Waals surface area contributed by atoms with Gasteiger partial charge in [0.05, 0.1) is 16.6 Å². The van der Waals surface area contributed by atoms with Crippen molar-refractivity contribution >= 4 is 21.9 Å². The first-order chi connectivity index (χ1) is 10.3. The van der Waals surface area contributed by atoms with Gasteiger partial charge in [-0.15, -0.1) is 0 Å². The van der Waals surface area contributed by atoms with Gasteiger partial charge in [-0.05, 0) is 35.9 Å². The van der Waals surface area contributed by atoms with Gasteiger partial charge in [-0.3, -0.25) is 4.98 Å². The summed E-state index contributed by atoms with van der Waals surface area (Å²) in [6, 6.07) is 16.2. The molecule has 0 radical (unpaired) electrons. The van der Waals surface area contributed by atoms with Gasteiger partial charge in [0.1, 0.15) is 5.82 Å². The molecule has 0 aliphatic heterocycles. The third kappa shape index (κ3) is 1.97. The molecule has 2 heterocycles. The Bertz CT molecular complexity index is 940. The van der Waals surface area contributed by atoms with E-state index in [2.05, 4.69) is 22.1 Å². The van der Waals surface area contributed by atoms with Crippen LogP contribution in [0.1, 0.15) is 5.56 Å². The number of fused-ring (bicyclic) bond motifs is 2. The molecule has 0 spiro atoms. The Morgan fingerprint density at radius 1 is 1.05 bits per heavy atom. The van der Waals surface area contributed by atoms with E-state index < -0.39 is 0 Å². The number of benzene rings is 2. The van der Waals surface area contributed by atoms with Gasteiger partial charge in [0, 0.05) is 23.7 Å². The fourth-order valence-electron chi connectivity index (χ4n) is 2.62. The smallest absolute Gasteiger partial charge is 0.138 e. The Balaban J connectivity index is 1.91. The molecule has 3 N–H and O–H groups in total. The number of aromatic nitrogens is 3. The van der Waals surface area contributed by atoms with Crippen LogP contribution in [0.25, 0.3) is 33.3 Å². The summed E-state index contributed by atoms with van der Waals surface area (Å²) in [5.74, 6) is 0.858. The highest BCUT2D eigenvalue weighted by Gasteiger charge is 2.08. The number of H-pyrrole nitrogens is 1. The van der Waals surface area contributed by atoms with Crippen molar-refractivity contribution < 1.29 is 0 Å². The monoisotopic (exact) mass is 274 g/mol. The molecule has 0 fully saturated rings. The van der Waals surface area contributed by atoms with E-state index in [1.807, 2.05) is 36.4 Å². The third-order valence-electron chi connectivity index (χ3n) is 3.69. The summed E-state index contributed by atoms with van der Waals surface area (Å²) in [4.78, 5) is 12.4. The molecule has 2 aromatic heterocycles. The zero-order valence-electron chi connectivity index (χ0n) is 11.4. The van der Waals surface area contributed by atoms with Crippen LogP contribution in [-0.2, 0) is 6.54 Å². The van der Waals surface area contributed by atoms with Crippen LogP contribution in [0.4, 0.5) is 0 Å². The molecule has 0 atom stereocenters. The Kier molecular flexibility index (Phi) is 2.69. The number of pyridine rings is 1. The standard InChI is InChI=1S/C17H14N4/c18-10-13-3-1-5-15-16(13)21-17(20-15)12-6-7-14-11(9-12)4-2-8-19-14/h1-9H,10,18H2,(H,20,21). The van der Waals surface area contributed by atoms with Gasteiger partial charge < -0.3 is 10.7 Å². The van der Waals surface area contributed by atoms with Gasteiger partial charge in [0.2, 0.25) is 0 Å². The van der Waals surface area contributed by atoms with Crippen LogP contribution >= 0.6 is 0 Å². The van der Waals surface area contributed by atoms with Crippen molar-refractivity contribution in [3.63, 3.8) is 0 Å². The van der Waals surface area contributed by atoms with Gasteiger partial charge in [0.25, 0.3) is 0 Å². The van der Waals surface area contributed by atoms with Crippen molar-refractivity contribution in [1.29, 1.82) is 0 Å². The lowest BCUT2D eigenvalue weighted by atomic mass is 10.1. The van der Waals surface area contributed by atoms with Crippen LogP contribution in [0.2, 0.25) is 0 Å². The van der Waals surface area contributed by atoms with E-state index in [0.717, 1.165) is 38.9 Å². The summed E-state index contributed by atoms with van der Waals surface area (Å²) in [6.45, 7) is 0.489. The highest BCUT2D eigenvalue weighted by molar-refractivity contribution is 5.86. The molecular formula is C17H14N4. The fourth-order valence-corrected chi connectivity index (χ4v) is 2.62. The number of nitrogens with one attached hydrogen (secondary N) is 1. The number of hydrogen-bond acceptors (Lipinski definition) is 3. The molecule has 0 bridgehead atoms. The van der Waals surface area contributed by atoms with E-state index in [9.17, 15) is 0 Å². The maximum Gasteiger partial charge on any atom is 0.138 e. The number of aromatic amines is 1. The average molecular weight is 274 g/mol. The summed E-state index contributed by atoms with van der Waals surface area (Å²) in [5.41, 5.74) is 10.8. The minimum atomic E-state index is 0.489. The second kappa shape index (κ2) is 4.68. The fraction of sp³-hybridized carbons (Fsp3) is 0.0588. The molecule has 0 aliphatic carbocycles. The molecule has 0 unspecified atom stereocenters. The molecule has 102 valence electrons. The number of para-hydroxylation sites is 1. The maximum atomic E-state index is 5.78. The van der Waals surface area contributed by atoms with Gasteiger partial charge >= 0.3 is 0 Å². The Morgan fingerprint density at radius 3 is 2.90 bits per heavy atom. The average Bonchev–Trinajstić information content (AvgIpc) is 2.98. The Morgan fingerprint density at radius 2 is 2.00 bits per heavy atom. The molecule has 4 rings (SSSR count). The molecule has 0 saturated heterocycles. The van der Waals surface area contributed by atoms with Crippen molar-refractivity contribution in [3.05, 3.63) is 60.3 Å². The van der Waals surface area contributed by atoms with Crippen LogP contribution in [0.5, 0.6) is 0 Å². The molecule has 0 saturated carbocycles. The first-order valence-corrected chi connectivity index (χ1v) is 6.88. The predicted molar refractivity (Wildman–Crippen MR) is 84.7 cm³/mol. The first kappa shape index (κ1) is 12.1. The third-order valence-corrected chi connectivity index (χ3v) is 3.69. The predicted octanol–water partition coefficient (Wildman–Crippen LogP) is 3.24. The molecule has 4 aromatic rings. The zero-order valence-corrected chi connectivity index (χ0v) is 11.4. The number of nitrogens with zero attached hydrogens (tertiary/aromatic N) is 2. The van der Waals surface area contributed by atoms with Crippen molar-refractivity contribution in [2.75, 3.05) is 0 Å². The van der Waals surface area contributed by atoms with E-state index in [-0.39, 0.29) is 0 Å². The lowest BCUT2D eigenvalue weighted by Crippen LogP contribution is -1.96. The lowest BCUT2D eigenvalue weighted by molar-refractivity contribution is 1.08. The Hall–Kier alpha value is -2.72. The van der Waals surface area contributed by atoms with Crippen LogP contribution < -0.4 is 5.73 Å². The van der Waals surface area contributed by atoms with Crippen LogP contribution in [0, 0.1) is 0 Å². The molecule has 21 heavy (non-hydrogen) atoms. The second-order valence-corrected chi connectivity index (χ2v) is 5.01. The summed E-state index contributed by atoms with van der Waals surface area (Å²) in [6.07, 6.45) is 1.80. The number of hydrogen-bond donors (Lipinski definition) is 2. The van der Waals surface area contributed by atoms with Crippen molar-refractivity contribution in [2.24, 2.45) is 5.73 Å². The van der Waals surface area contributed by atoms with Gasteiger partial charge in [-0.1, -0.05) is 18.2 Å². The van der Waals surface area contributed by atoms with E-state index in [1.54, 1.807) is 6.20 Å². The molecule has 0 aliphatic rings. The van der Waals surface area contributed by atoms with Crippen molar-refractivity contribution in [1.82, 2.24) is 15.0 Å². The zero-order chi connectivity index (χ0) is 14.2. The van der Waals surface area contributed by atoms with E-state index in [0.29, 0.717) is 6.54 Å². The van der Waals surface area contributed by atoms with Gasteiger partial charge in [0.15, 0.2) is 0 Å². The number of imidazole rings is 1. The lowest BCUT2D eigenvalue weighted by Gasteiger charge is -2.00. The van der Waals surface area contributed by atoms with Crippen LogP contribution in [-0.4, -0.2) is 15.0 Å². The summed E-state index contributed by atoms with van der Waals surface area (Å²) in [7, 11) is 0. The van der Waals surface area contributed by atoms with Gasteiger partial charge in [-0.2, -0.15) is 0 Å². The SMILES string of the molecule is NCc1cccc2[nH]c(-c3ccc4ncccc4c3)nc12. The summed E-state index contributed by atoms with van der Waals surface area (Å²) in [5, 5.41) is 1.11. The van der Waals surface area contributed by atoms with Gasteiger partial charge in [-0.25, -0.2) is 4.98 Å². The molecular weight excluding hydrogens is 260 g/mol. The minimum absolute atomic E-state index is 0.489. The highest BCUT2D eigenvalue weighted by atomic mass is 14.9. The maximum absolute atomic E-state index is 5.78. The molecule has 4 nitrogen and oxygen atoms in total.